The number of Topliss-reactive ketones (excluding diaryl/α,β-unsaturated/α-hetero) is 2. The summed E-state index contributed by atoms with van der Waals surface area (Å²) >= 11 is 4.86. The van der Waals surface area contributed by atoms with E-state index in [9.17, 15) is 33.9 Å². The minimum absolute atomic E-state index is 0. The van der Waals surface area contributed by atoms with Gasteiger partial charge in [0.1, 0.15) is 11.6 Å². The van der Waals surface area contributed by atoms with E-state index in [2.05, 4.69) is 60.1 Å². The first-order chi connectivity index (χ1) is 33.2. The molecule has 0 amide bonds. The Labute approximate surface area is 466 Å². The van der Waals surface area contributed by atoms with Crippen LogP contribution >= 0.6 is 11.6 Å². The van der Waals surface area contributed by atoms with Crippen molar-refractivity contribution in [3.63, 3.8) is 0 Å². The van der Waals surface area contributed by atoms with Crippen LogP contribution < -0.4 is 0 Å². The summed E-state index contributed by atoms with van der Waals surface area (Å²) in [5.41, 5.74) is -0.198. The van der Waals surface area contributed by atoms with Gasteiger partial charge in [-0.25, -0.2) is 9.59 Å². The number of ketones is 2. The zero-order valence-electron chi connectivity index (χ0n) is 47.1. The van der Waals surface area contributed by atoms with Crippen molar-refractivity contribution in [1.82, 2.24) is 0 Å². The fourth-order valence-corrected chi connectivity index (χ4v) is 18.5. The number of hydrogen-bond acceptors (Lipinski definition) is 9. The van der Waals surface area contributed by atoms with Crippen molar-refractivity contribution in [1.29, 1.82) is 0 Å². The monoisotopic (exact) mass is 1100 g/mol. The number of carboxylic acid groups (broad SMARTS) is 1. The molecule has 425 valence electrons. The number of esters is 1. The number of carbonyl (C=O) groups is 6. The number of hydrogen-bond donors (Lipinski definition) is 1. The van der Waals surface area contributed by atoms with Crippen LogP contribution in [0.3, 0.4) is 0 Å². The summed E-state index contributed by atoms with van der Waals surface area (Å²) in [6.07, 6.45) is 16.9. The van der Waals surface area contributed by atoms with Crippen LogP contribution in [-0.4, -0.2) is 53.4 Å². The first-order valence-corrected chi connectivity index (χ1v) is 29.1. The second-order valence-electron chi connectivity index (χ2n) is 27.0. The molecule has 1 radical (unpaired) electrons. The molecular weight excluding hydrogens is 991 g/mol. The second kappa shape index (κ2) is 26.4. The Hall–Kier alpha value is -1.91. The molecule has 12 heteroatoms. The van der Waals surface area contributed by atoms with E-state index in [0.717, 1.165) is 76.0 Å². The largest absolute Gasteiger partial charge is 0.516 e. The van der Waals surface area contributed by atoms with Crippen molar-refractivity contribution >= 4 is 46.7 Å². The van der Waals surface area contributed by atoms with Crippen LogP contribution in [0.5, 0.6) is 0 Å². The van der Waals surface area contributed by atoms with Gasteiger partial charge >= 0.3 is 23.5 Å². The Kier molecular flexibility index (Phi) is 23.7. The maximum absolute atomic E-state index is 14.1. The molecule has 8 aliphatic rings. The van der Waals surface area contributed by atoms with Crippen LogP contribution in [0.15, 0.2) is 0 Å². The van der Waals surface area contributed by atoms with Gasteiger partial charge in [-0.15, -0.1) is 0 Å². The fourth-order valence-electron chi connectivity index (χ4n) is 18.4. The zero-order chi connectivity index (χ0) is 52.7. The Morgan fingerprint density at radius 2 is 0.932 bits per heavy atom. The average Bonchev–Trinajstić information content (AvgIpc) is 3.85. The Bertz CT molecular complexity index is 1940. The summed E-state index contributed by atoms with van der Waals surface area (Å²) in [4.78, 5) is 74.6. The van der Waals surface area contributed by atoms with E-state index in [0.29, 0.717) is 65.0 Å². The van der Waals surface area contributed by atoms with Gasteiger partial charge < -0.3 is 19.3 Å². The van der Waals surface area contributed by atoms with E-state index in [1.807, 2.05) is 41.5 Å². The van der Waals surface area contributed by atoms with Crippen molar-refractivity contribution in [3.8, 4) is 0 Å². The molecule has 0 aromatic carbocycles. The molecule has 1 N–H and O–H groups in total. The van der Waals surface area contributed by atoms with E-state index in [-0.39, 0.29) is 110 Å². The first kappa shape index (κ1) is 66.4. The number of ether oxygens (including phenoxy) is 3. The van der Waals surface area contributed by atoms with Crippen LogP contribution in [-0.2, 0) is 51.9 Å². The summed E-state index contributed by atoms with van der Waals surface area (Å²) < 4.78 is 14.6. The maximum atomic E-state index is 14.1. The molecule has 8 saturated carbocycles. The molecule has 0 spiro atoms. The van der Waals surface area contributed by atoms with Crippen molar-refractivity contribution in [3.05, 3.63) is 0 Å². The minimum atomic E-state index is -0.891. The third kappa shape index (κ3) is 12.7. The van der Waals surface area contributed by atoms with Crippen molar-refractivity contribution in [2.75, 3.05) is 13.2 Å². The third-order valence-corrected chi connectivity index (χ3v) is 22.3. The van der Waals surface area contributed by atoms with E-state index in [1.54, 1.807) is 0 Å². The van der Waals surface area contributed by atoms with Crippen LogP contribution in [0.1, 0.15) is 215 Å². The van der Waals surface area contributed by atoms with E-state index in [1.165, 1.54) is 38.5 Å². The molecule has 8 fully saturated rings. The summed E-state index contributed by atoms with van der Waals surface area (Å²) in [5.74, 6) is 5.15. The number of halogens is 1. The van der Waals surface area contributed by atoms with Crippen LogP contribution in [0, 0.1) is 128 Å². The second-order valence-corrected chi connectivity index (χ2v) is 27.3. The molecule has 74 heavy (non-hydrogen) atoms. The van der Waals surface area contributed by atoms with Gasteiger partial charge in [-0.3, -0.25) is 19.2 Å². The fraction of sp³-hybridized carbons (Fsp3) is 0.903. The smallest absolute Gasteiger partial charge is 0.481 e. The standard InChI is InChI=1S/C30H48O5.C25H40O3.C5H9ClO2.2CH4.V/c1-8-20-24-15-18(4)11-13-30(24,7)23-12-14-29(6)21(9-10-22(29)25(23)26(20)31)19(5)27(32)35-28(33)34-16-17(2)3;1-6-16-20-13-14(2)9-11-25(20,5)19-10-12-24(4)17(15(3)23(27)28)7-8-18(24)21(19)22(16)26;1-4(2)3-8-5(6)7;;;/h17-25H,8-16H2,1-7H3;14-21H,6-13H2,1-5H3,(H,27,28);4H,3H2,1-2H3;2*1H4;/t18-,19+,20-,21-,22+,23+,24+,25+,29-,30-;14-,15+,16-,17-,18+,19+,20+,21+,24-,25-;;;;/m11..../s1. The quantitative estimate of drug-likeness (QED) is 0.127. The molecule has 0 saturated heterocycles. The van der Waals surface area contributed by atoms with Gasteiger partial charge in [-0.05, 0) is 183 Å². The summed E-state index contributed by atoms with van der Waals surface area (Å²) in [7, 11) is 0. The molecular formula is C62H105ClO10V. The number of aliphatic carboxylic acids is 1. The number of rotatable bonds is 10. The Balaban J connectivity index is 0.000000333. The summed E-state index contributed by atoms with van der Waals surface area (Å²) in [6.45, 7) is 31.1. The normalized spacial score (nSPS) is 41.3. The molecule has 10 nitrogen and oxygen atoms in total. The van der Waals surface area contributed by atoms with Crippen LogP contribution in [0.2, 0.25) is 0 Å². The molecule has 0 bridgehead atoms. The molecule has 0 aliphatic heterocycles. The van der Waals surface area contributed by atoms with E-state index < -0.39 is 23.5 Å². The third-order valence-electron chi connectivity index (χ3n) is 22.2. The average molecular weight is 1100 g/mol. The number of carboxylic acids is 1. The minimum Gasteiger partial charge on any atom is -0.481 e. The van der Waals surface area contributed by atoms with Crippen LogP contribution in [0.25, 0.3) is 0 Å². The molecule has 0 heterocycles. The van der Waals surface area contributed by atoms with Crippen LogP contribution in [0.4, 0.5) is 9.59 Å². The summed E-state index contributed by atoms with van der Waals surface area (Å²) in [5, 5.41) is 9.66. The van der Waals surface area contributed by atoms with Gasteiger partial charge in [0.15, 0.2) is 0 Å². The van der Waals surface area contributed by atoms with Gasteiger partial charge in [0.2, 0.25) is 0 Å². The van der Waals surface area contributed by atoms with Gasteiger partial charge in [0.25, 0.3) is 0 Å². The zero-order valence-corrected chi connectivity index (χ0v) is 49.2. The van der Waals surface area contributed by atoms with E-state index >= 15 is 0 Å². The molecule has 20 atom stereocenters. The molecule has 8 aliphatic carbocycles. The van der Waals surface area contributed by atoms with Gasteiger partial charge in [0.05, 0.1) is 25.0 Å². The Morgan fingerprint density at radius 1 is 0.568 bits per heavy atom. The van der Waals surface area contributed by atoms with Gasteiger partial charge in [-0.1, -0.05) is 125 Å². The maximum Gasteiger partial charge on any atom is 0.516 e. The first-order valence-electron chi connectivity index (χ1n) is 28.7. The van der Waals surface area contributed by atoms with Crippen molar-refractivity contribution in [2.24, 2.45) is 128 Å². The van der Waals surface area contributed by atoms with Gasteiger partial charge in [-0.2, -0.15) is 0 Å². The SMILES string of the molecule is C.C.CC(C)COC(=O)Cl.CC[C@H]1C(=O)[C@@H]2[C@H](CC[C@]3(C)[C@@H]([C@H](C)C(=O)O)CC[C@@H]23)[C@@]2(C)CC[C@@H](C)C[C@@H]12.CC[C@H]1C(=O)[C@@H]2[C@H](CC[C@]3(C)[C@@H]([C@H](C)C(=O)OC(=O)OCC(C)C)CC[C@@H]23)[C@@]2(C)CC[C@@H](C)C[C@@H]12.[V]. The number of carbonyl (C=O) groups excluding carboxylic acids is 5. The van der Waals surface area contributed by atoms with E-state index in [4.69, 9.17) is 21.1 Å². The topological polar surface area (TPSA) is 150 Å². The molecule has 0 aromatic heterocycles. The summed E-state index contributed by atoms with van der Waals surface area (Å²) in [6, 6.07) is 0. The van der Waals surface area contributed by atoms with Gasteiger partial charge in [0, 0.05) is 53.8 Å². The predicted octanol–water partition coefficient (Wildman–Crippen LogP) is 16.2. The predicted molar refractivity (Wildman–Crippen MR) is 292 cm³/mol. The van der Waals surface area contributed by atoms with Crippen molar-refractivity contribution in [2.45, 2.75) is 215 Å². The van der Waals surface area contributed by atoms with Crippen molar-refractivity contribution < 1.29 is 66.6 Å². The molecule has 0 aromatic rings. The molecule has 0 unspecified atom stereocenters. The molecule has 8 rings (SSSR count). The number of fused-ring (bicyclic) bond motifs is 10. The Morgan fingerprint density at radius 3 is 1.28 bits per heavy atom.